The Morgan fingerprint density at radius 2 is 2.00 bits per heavy atom. The number of anilines is 1. The molecule has 4 heteroatoms. The van der Waals surface area contributed by atoms with Crippen LogP contribution in [0.2, 0.25) is 0 Å². The maximum absolute atomic E-state index is 11.8. The lowest BCUT2D eigenvalue weighted by Crippen LogP contribution is -2.29. The first kappa shape index (κ1) is 11.9. The van der Waals surface area contributed by atoms with Crippen molar-refractivity contribution < 1.29 is 4.79 Å². The molecule has 0 atom stereocenters. The molecule has 1 aromatic heterocycles. The van der Waals surface area contributed by atoms with Gasteiger partial charge in [0.25, 0.3) is 5.91 Å². The number of amides is 1. The smallest absolute Gasteiger partial charge is 0.254 e. The van der Waals surface area contributed by atoms with Crippen molar-refractivity contribution >= 4 is 11.7 Å². The third-order valence-corrected chi connectivity index (χ3v) is 3.16. The van der Waals surface area contributed by atoms with Crippen LogP contribution in [-0.2, 0) is 0 Å². The van der Waals surface area contributed by atoms with Crippen molar-refractivity contribution in [2.24, 2.45) is 0 Å². The molecule has 17 heavy (non-hydrogen) atoms. The Balaban J connectivity index is 2.26. The number of hydrogen-bond donors (Lipinski definition) is 1. The topological polar surface area (TPSA) is 45.2 Å². The third-order valence-electron chi connectivity index (χ3n) is 3.16. The lowest BCUT2D eigenvalue weighted by Gasteiger charge is -2.23. The molecule has 0 aromatic carbocycles. The fourth-order valence-electron chi connectivity index (χ4n) is 2.24. The predicted octanol–water partition coefficient (Wildman–Crippen LogP) is 1.82. The number of pyridine rings is 1. The molecule has 1 N–H and O–H groups in total. The maximum Gasteiger partial charge on any atom is 0.254 e. The van der Waals surface area contributed by atoms with E-state index in [0.29, 0.717) is 5.56 Å². The minimum Gasteiger partial charge on any atom is -0.356 e. The van der Waals surface area contributed by atoms with E-state index in [4.69, 9.17) is 0 Å². The zero-order chi connectivity index (χ0) is 12.1. The number of nitrogens with one attached hydrogen (secondary N) is 1. The molecular weight excluding hydrogens is 214 g/mol. The molecule has 1 aliphatic heterocycles. The molecule has 92 valence electrons. The second-order valence-electron chi connectivity index (χ2n) is 4.35. The zero-order valence-corrected chi connectivity index (χ0v) is 10.3. The number of aromatic nitrogens is 1. The average Bonchev–Trinajstić information content (AvgIpc) is 2.66. The Morgan fingerprint density at radius 3 is 2.65 bits per heavy atom. The largest absolute Gasteiger partial charge is 0.356 e. The summed E-state index contributed by atoms with van der Waals surface area (Å²) >= 11 is 0. The molecule has 1 aliphatic rings. The minimum atomic E-state index is -0.0580. The van der Waals surface area contributed by atoms with Crippen LogP contribution in [-0.4, -0.2) is 31.0 Å². The summed E-state index contributed by atoms with van der Waals surface area (Å²) in [4.78, 5) is 18.4. The third kappa shape index (κ3) is 2.75. The van der Waals surface area contributed by atoms with Crippen molar-refractivity contribution in [3.05, 3.63) is 23.9 Å². The first-order chi connectivity index (χ1) is 8.33. The van der Waals surface area contributed by atoms with Crippen LogP contribution in [0.1, 0.15) is 36.0 Å². The Labute approximate surface area is 102 Å². The molecule has 0 aliphatic carbocycles. The van der Waals surface area contributed by atoms with Crippen molar-refractivity contribution in [1.29, 1.82) is 0 Å². The number of rotatable bonds is 2. The summed E-state index contributed by atoms with van der Waals surface area (Å²) in [6, 6.07) is 3.65. The molecular formula is C13H19N3O. The van der Waals surface area contributed by atoms with Gasteiger partial charge >= 0.3 is 0 Å². The van der Waals surface area contributed by atoms with Gasteiger partial charge in [-0.3, -0.25) is 4.79 Å². The molecule has 1 saturated heterocycles. The quantitative estimate of drug-likeness (QED) is 0.847. The number of carbonyl (C=O) groups is 1. The van der Waals surface area contributed by atoms with E-state index in [-0.39, 0.29) is 5.91 Å². The molecule has 1 fully saturated rings. The lowest BCUT2D eigenvalue weighted by molar-refractivity contribution is 0.0963. The maximum atomic E-state index is 11.8. The van der Waals surface area contributed by atoms with Crippen LogP contribution in [0.5, 0.6) is 0 Å². The van der Waals surface area contributed by atoms with Crippen LogP contribution in [0.3, 0.4) is 0 Å². The Bertz CT molecular complexity index is 384. The molecule has 1 amide bonds. The van der Waals surface area contributed by atoms with Gasteiger partial charge in [0.05, 0.1) is 5.56 Å². The van der Waals surface area contributed by atoms with E-state index in [1.165, 1.54) is 25.7 Å². The van der Waals surface area contributed by atoms with Crippen molar-refractivity contribution in [2.45, 2.75) is 25.7 Å². The van der Waals surface area contributed by atoms with E-state index in [1.54, 1.807) is 13.2 Å². The molecule has 1 aromatic rings. The molecule has 2 heterocycles. The standard InChI is InChI=1S/C13H19N3O/c1-14-13(17)11-7-6-8-15-12(11)16-9-4-2-3-5-10-16/h6-8H,2-5,9-10H2,1H3,(H,14,17). The van der Waals surface area contributed by atoms with Gasteiger partial charge in [0.15, 0.2) is 0 Å². The molecule has 2 rings (SSSR count). The van der Waals surface area contributed by atoms with Crippen LogP contribution in [0.4, 0.5) is 5.82 Å². The van der Waals surface area contributed by atoms with Gasteiger partial charge in [0.2, 0.25) is 0 Å². The summed E-state index contributed by atoms with van der Waals surface area (Å²) in [5, 5.41) is 2.67. The van der Waals surface area contributed by atoms with Crippen molar-refractivity contribution in [3.63, 3.8) is 0 Å². The molecule has 0 bridgehead atoms. The summed E-state index contributed by atoms with van der Waals surface area (Å²) in [5.41, 5.74) is 0.678. The monoisotopic (exact) mass is 233 g/mol. The highest BCUT2D eigenvalue weighted by Crippen LogP contribution is 2.21. The normalized spacial score (nSPS) is 16.4. The van der Waals surface area contributed by atoms with Gasteiger partial charge in [-0.25, -0.2) is 4.98 Å². The van der Waals surface area contributed by atoms with E-state index in [2.05, 4.69) is 15.2 Å². The number of nitrogens with zero attached hydrogens (tertiary/aromatic N) is 2. The molecule has 0 saturated carbocycles. The number of hydrogen-bond acceptors (Lipinski definition) is 3. The summed E-state index contributed by atoms with van der Waals surface area (Å²) in [7, 11) is 1.65. The summed E-state index contributed by atoms with van der Waals surface area (Å²) in [6.45, 7) is 2.00. The highest BCUT2D eigenvalue weighted by atomic mass is 16.1. The van der Waals surface area contributed by atoms with Crippen LogP contribution in [0, 0.1) is 0 Å². The van der Waals surface area contributed by atoms with Gasteiger partial charge in [-0.05, 0) is 25.0 Å². The van der Waals surface area contributed by atoms with Gasteiger partial charge in [-0.2, -0.15) is 0 Å². The van der Waals surface area contributed by atoms with Crippen molar-refractivity contribution in [1.82, 2.24) is 10.3 Å². The van der Waals surface area contributed by atoms with E-state index in [9.17, 15) is 4.79 Å². The first-order valence-electron chi connectivity index (χ1n) is 6.25. The lowest BCUT2D eigenvalue weighted by atomic mass is 10.2. The van der Waals surface area contributed by atoms with Crippen LogP contribution in [0.25, 0.3) is 0 Å². The van der Waals surface area contributed by atoms with Crippen molar-refractivity contribution in [3.8, 4) is 0 Å². The molecule has 0 radical (unpaired) electrons. The van der Waals surface area contributed by atoms with E-state index in [0.717, 1.165) is 18.9 Å². The van der Waals surface area contributed by atoms with Crippen molar-refractivity contribution in [2.75, 3.05) is 25.0 Å². The molecule has 0 spiro atoms. The van der Waals surface area contributed by atoms with Gasteiger partial charge in [-0.1, -0.05) is 12.8 Å². The van der Waals surface area contributed by atoms with Gasteiger partial charge in [0, 0.05) is 26.3 Å². The fraction of sp³-hybridized carbons (Fsp3) is 0.538. The second kappa shape index (κ2) is 5.66. The van der Waals surface area contributed by atoms with Crippen LogP contribution >= 0.6 is 0 Å². The van der Waals surface area contributed by atoms with Gasteiger partial charge in [-0.15, -0.1) is 0 Å². The van der Waals surface area contributed by atoms with Crippen LogP contribution in [0.15, 0.2) is 18.3 Å². The summed E-state index contributed by atoms with van der Waals surface area (Å²) in [6.07, 6.45) is 6.68. The summed E-state index contributed by atoms with van der Waals surface area (Å²) in [5.74, 6) is 0.770. The predicted molar refractivity (Wildman–Crippen MR) is 68.3 cm³/mol. The number of carbonyl (C=O) groups excluding carboxylic acids is 1. The Hall–Kier alpha value is -1.58. The Kier molecular flexibility index (Phi) is 3.96. The fourth-order valence-corrected chi connectivity index (χ4v) is 2.24. The van der Waals surface area contributed by atoms with Crippen LogP contribution < -0.4 is 10.2 Å². The van der Waals surface area contributed by atoms with E-state index < -0.39 is 0 Å². The Morgan fingerprint density at radius 1 is 1.29 bits per heavy atom. The average molecular weight is 233 g/mol. The van der Waals surface area contributed by atoms with E-state index >= 15 is 0 Å². The zero-order valence-electron chi connectivity index (χ0n) is 10.3. The first-order valence-corrected chi connectivity index (χ1v) is 6.25. The summed E-state index contributed by atoms with van der Waals surface area (Å²) < 4.78 is 0. The van der Waals surface area contributed by atoms with Gasteiger partial charge in [0.1, 0.15) is 5.82 Å². The molecule has 0 unspecified atom stereocenters. The SMILES string of the molecule is CNC(=O)c1cccnc1N1CCCCCC1. The molecule has 4 nitrogen and oxygen atoms in total. The highest BCUT2D eigenvalue weighted by molar-refractivity contribution is 5.98. The second-order valence-corrected chi connectivity index (χ2v) is 4.35. The minimum absolute atomic E-state index is 0.0580. The van der Waals surface area contributed by atoms with Gasteiger partial charge < -0.3 is 10.2 Å². The van der Waals surface area contributed by atoms with E-state index in [1.807, 2.05) is 12.1 Å². The highest BCUT2D eigenvalue weighted by Gasteiger charge is 2.17.